The van der Waals surface area contributed by atoms with Crippen LogP contribution in [0.2, 0.25) is 0 Å². The van der Waals surface area contributed by atoms with Crippen molar-refractivity contribution in [2.45, 2.75) is 6.42 Å². The summed E-state index contributed by atoms with van der Waals surface area (Å²) in [4.78, 5) is 17.4. The molecule has 0 saturated carbocycles. The van der Waals surface area contributed by atoms with Gasteiger partial charge in [-0.2, -0.15) is 0 Å². The molecule has 1 aliphatic heterocycles. The summed E-state index contributed by atoms with van der Waals surface area (Å²) >= 11 is 3.23. The maximum atomic E-state index is 13.3. The van der Waals surface area contributed by atoms with Crippen LogP contribution < -0.4 is 10.2 Å². The highest BCUT2D eigenvalue weighted by atomic mass is 127. The lowest BCUT2D eigenvalue weighted by molar-refractivity contribution is 0.370. The van der Waals surface area contributed by atoms with Gasteiger partial charge >= 0.3 is 0 Å². The van der Waals surface area contributed by atoms with E-state index in [0.29, 0.717) is 4.47 Å². The Kier molecular flexibility index (Phi) is 8.68. The fourth-order valence-corrected chi connectivity index (χ4v) is 3.35. The number of hydrogen-bond acceptors (Lipinski definition) is 4. The lowest BCUT2D eigenvalue weighted by atomic mass is 10.1. The van der Waals surface area contributed by atoms with Crippen LogP contribution in [0.15, 0.2) is 46.1 Å². The van der Waals surface area contributed by atoms with E-state index in [0.717, 1.165) is 56.6 Å². The summed E-state index contributed by atoms with van der Waals surface area (Å²) in [5.74, 6) is 1.43. The Bertz CT molecular complexity index is 753. The normalized spacial score (nSPS) is 14.7. The molecule has 2 heterocycles. The van der Waals surface area contributed by atoms with Crippen LogP contribution in [0.1, 0.15) is 5.56 Å². The van der Waals surface area contributed by atoms with Gasteiger partial charge in [-0.25, -0.2) is 14.4 Å². The summed E-state index contributed by atoms with van der Waals surface area (Å²) in [5.41, 5.74) is 1.08. The Morgan fingerprint density at radius 2 is 1.93 bits per heavy atom. The van der Waals surface area contributed by atoms with Crippen LogP contribution in [0.3, 0.4) is 0 Å². The maximum Gasteiger partial charge on any atom is 0.225 e. The number of halogens is 3. The molecule has 27 heavy (non-hydrogen) atoms. The molecule has 1 saturated heterocycles. The number of hydrogen-bond donors (Lipinski definition) is 1. The zero-order valence-electron chi connectivity index (χ0n) is 15.1. The van der Waals surface area contributed by atoms with Crippen molar-refractivity contribution in [1.29, 1.82) is 0 Å². The number of aliphatic imine (C=N–C) groups is 1. The number of rotatable bonds is 4. The van der Waals surface area contributed by atoms with Crippen LogP contribution in [-0.4, -0.2) is 60.6 Å². The van der Waals surface area contributed by atoms with Crippen molar-refractivity contribution in [1.82, 2.24) is 20.2 Å². The van der Waals surface area contributed by atoms with Gasteiger partial charge in [0, 0.05) is 52.2 Å². The van der Waals surface area contributed by atoms with E-state index in [1.807, 2.05) is 18.2 Å². The first-order chi connectivity index (χ1) is 12.7. The third kappa shape index (κ3) is 6.00. The number of benzene rings is 1. The van der Waals surface area contributed by atoms with E-state index in [2.05, 4.69) is 46.0 Å². The van der Waals surface area contributed by atoms with Crippen molar-refractivity contribution in [3.05, 3.63) is 52.5 Å². The summed E-state index contributed by atoms with van der Waals surface area (Å²) in [6.45, 7) is 4.18. The van der Waals surface area contributed by atoms with E-state index < -0.39 is 0 Å². The van der Waals surface area contributed by atoms with Gasteiger partial charge in [-0.15, -0.1) is 24.0 Å². The highest BCUT2D eigenvalue weighted by molar-refractivity contribution is 14.0. The minimum Gasteiger partial charge on any atom is -0.356 e. The third-order valence-electron chi connectivity index (χ3n) is 4.31. The van der Waals surface area contributed by atoms with E-state index in [4.69, 9.17) is 0 Å². The van der Waals surface area contributed by atoms with Gasteiger partial charge in [0.2, 0.25) is 5.95 Å². The second-order valence-corrected chi connectivity index (χ2v) is 6.85. The second kappa shape index (κ2) is 10.7. The quantitative estimate of drug-likeness (QED) is 0.362. The highest BCUT2D eigenvalue weighted by Gasteiger charge is 2.20. The van der Waals surface area contributed by atoms with Crippen molar-refractivity contribution in [2.75, 3.05) is 44.7 Å². The standard InChI is InChI=1S/C18H22BrFN6.HI/c1-21-17(24-8-5-14-3-4-16(20)15(19)13-14)25-9-11-26(12-10-25)18-22-6-2-7-23-18;/h2-4,6-7,13H,5,8-12H2,1H3,(H,21,24);1H. The summed E-state index contributed by atoms with van der Waals surface area (Å²) in [6.07, 6.45) is 4.34. The van der Waals surface area contributed by atoms with E-state index in [-0.39, 0.29) is 29.8 Å². The van der Waals surface area contributed by atoms with Gasteiger partial charge in [-0.05, 0) is 46.1 Å². The van der Waals surface area contributed by atoms with Crippen LogP contribution in [-0.2, 0) is 6.42 Å². The van der Waals surface area contributed by atoms with Crippen LogP contribution in [0.25, 0.3) is 0 Å². The lowest BCUT2D eigenvalue weighted by Gasteiger charge is -2.36. The first-order valence-corrected chi connectivity index (χ1v) is 9.38. The van der Waals surface area contributed by atoms with Crippen molar-refractivity contribution in [3.63, 3.8) is 0 Å². The predicted molar refractivity (Wildman–Crippen MR) is 120 cm³/mol. The molecule has 1 aromatic heterocycles. The molecule has 1 fully saturated rings. The van der Waals surface area contributed by atoms with Crippen molar-refractivity contribution in [2.24, 2.45) is 4.99 Å². The van der Waals surface area contributed by atoms with E-state index in [1.165, 1.54) is 6.07 Å². The third-order valence-corrected chi connectivity index (χ3v) is 4.91. The SMILES string of the molecule is CN=C(NCCc1ccc(F)c(Br)c1)N1CCN(c2ncccn2)CC1.I. The molecule has 0 unspecified atom stereocenters. The molecule has 0 spiro atoms. The lowest BCUT2D eigenvalue weighted by Crippen LogP contribution is -2.53. The summed E-state index contributed by atoms with van der Waals surface area (Å²) in [7, 11) is 1.80. The number of anilines is 1. The average molecular weight is 549 g/mol. The molecule has 1 N–H and O–H groups in total. The average Bonchev–Trinajstić information content (AvgIpc) is 2.69. The van der Waals surface area contributed by atoms with Gasteiger partial charge in [0.15, 0.2) is 5.96 Å². The number of piperazine rings is 1. The smallest absolute Gasteiger partial charge is 0.225 e. The van der Waals surface area contributed by atoms with Gasteiger partial charge in [0.05, 0.1) is 4.47 Å². The molecule has 2 aromatic rings. The Morgan fingerprint density at radius 3 is 2.56 bits per heavy atom. The number of nitrogens with zero attached hydrogens (tertiary/aromatic N) is 5. The van der Waals surface area contributed by atoms with E-state index in [1.54, 1.807) is 19.4 Å². The van der Waals surface area contributed by atoms with E-state index in [9.17, 15) is 4.39 Å². The largest absolute Gasteiger partial charge is 0.356 e. The summed E-state index contributed by atoms with van der Waals surface area (Å²) in [6, 6.07) is 6.94. The molecule has 146 valence electrons. The molecule has 3 rings (SSSR count). The molecule has 0 atom stereocenters. The Balaban J connectivity index is 0.00000261. The number of guanidine groups is 1. The fraction of sp³-hybridized carbons (Fsp3) is 0.389. The molecule has 6 nitrogen and oxygen atoms in total. The first kappa shape index (κ1) is 21.8. The Hall–Kier alpha value is -1.49. The predicted octanol–water partition coefficient (Wildman–Crippen LogP) is 2.94. The van der Waals surface area contributed by atoms with Gasteiger partial charge in [-0.1, -0.05) is 6.07 Å². The molecule has 0 aliphatic carbocycles. The molecule has 1 aromatic carbocycles. The maximum absolute atomic E-state index is 13.3. The van der Waals surface area contributed by atoms with Gasteiger partial charge in [-0.3, -0.25) is 4.99 Å². The number of nitrogens with one attached hydrogen (secondary N) is 1. The zero-order valence-corrected chi connectivity index (χ0v) is 19.0. The topological polar surface area (TPSA) is 56.7 Å². The van der Waals surface area contributed by atoms with Crippen molar-refractivity contribution < 1.29 is 4.39 Å². The minimum absolute atomic E-state index is 0. The first-order valence-electron chi connectivity index (χ1n) is 8.59. The fourth-order valence-electron chi connectivity index (χ4n) is 2.92. The van der Waals surface area contributed by atoms with Gasteiger partial charge < -0.3 is 15.1 Å². The molecule has 0 amide bonds. The Morgan fingerprint density at radius 1 is 1.22 bits per heavy atom. The van der Waals surface area contributed by atoms with Gasteiger partial charge in [0.1, 0.15) is 5.82 Å². The van der Waals surface area contributed by atoms with Crippen LogP contribution in [0.4, 0.5) is 10.3 Å². The molecular weight excluding hydrogens is 526 g/mol. The van der Waals surface area contributed by atoms with Crippen molar-refractivity contribution in [3.8, 4) is 0 Å². The van der Waals surface area contributed by atoms with Crippen molar-refractivity contribution >= 4 is 51.8 Å². The van der Waals surface area contributed by atoms with Crippen LogP contribution in [0, 0.1) is 5.82 Å². The number of aromatic nitrogens is 2. The zero-order chi connectivity index (χ0) is 18.4. The molecular formula is C18H23BrFIN6. The summed E-state index contributed by atoms with van der Waals surface area (Å²) in [5, 5.41) is 3.39. The second-order valence-electron chi connectivity index (χ2n) is 6.00. The molecule has 1 aliphatic rings. The molecule has 9 heteroatoms. The van der Waals surface area contributed by atoms with Crippen LogP contribution >= 0.6 is 39.9 Å². The van der Waals surface area contributed by atoms with E-state index >= 15 is 0 Å². The summed E-state index contributed by atoms with van der Waals surface area (Å²) < 4.78 is 13.8. The Labute approximate surface area is 184 Å². The highest BCUT2D eigenvalue weighted by Crippen LogP contribution is 2.17. The molecule has 0 radical (unpaired) electrons. The molecule has 0 bridgehead atoms. The van der Waals surface area contributed by atoms with Crippen LogP contribution in [0.5, 0.6) is 0 Å². The minimum atomic E-state index is -0.238. The van der Waals surface area contributed by atoms with Gasteiger partial charge in [0.25, 0.3) is 0 Å². The monoisotopic (exact) mass is 548 g/mol.